The van der Waals surface area contributed by atoms with Gasteiger partial charge in [0, 0.05) is 43.1 Å². The molecule has 2 heterocycles. The van der Waals surface area contributed by atoms with Crippen LogP contribution in [0.5, 0.6) is 0 Å². The zero-order valence-corrected chi connectivity index (χ0v) is 22.0. The Morgan fingerprint density at radius 2 is 2.03 bits per heavy atom. The Labute approximate surface area is 227 Å². The lowest BCUT2D eigenvalue weighted by Gasteiger charge is -2.34. The quantitative estimate of drug-likeness (QED) is 0.328. The number of carbonyl (C=O) groups is 3. The zero-order chi connectivity index (χ0) is 27.8. The van der Waals surface area contributed by atoms with E-state index in [2.05, 4.69) is 10.3 Å². The molecule has 0 bridgehead atoms. The lowest BCUT2D eigenvalue weighted by Crippen LogP contribution is -2.56. The van der Waals surface area contributed by atoms with Crippen LogP contribution < -0.4 is 16.0 Å². The van der Waals surface area contributed by atoms with Gasteiger partial charge in [-0.05, 0) is 49.6 Å². The number of carbonyl (C=O) groups excluding carboxylic acids is 3. The van der Waals surface area contributed by atoms with Crippen LogP contribution in [-0.2, 0) is 19.1 Å². The van der Waals surface area contributed by atoms with E-state index in [0.717, 1.165) is 12.0 Å². The number of hydrogen-bond donors (Lipinski definition) is 3. The van der Waals surface area contributed by atoms with Gasteiger partial charge in [0.25, 0.3) is 17.7 Å². The summed E-state index contributed by atoms with van der Waals surface area (Å²) < 4.78 is 10.9. The number of ether oxygens (including phenoxy) is 2. The van der Waals surface area contributed by atoms with Crippen LogP contribution in [0.1, 0.15) is 23.7 Å². The molecule has 3 amide bonds. The summed E-state index contributed by atoms with van der Waals surface area (Å²) in [7, 11) is 0. The van der Waals surface area contributed by atoms with Crippen molar-refractivity contribution in [2.75, 3.05) is 50.9 Å². The van der Waals surface area contributed by atoms with Crippen LogP contribution in [0.25, 0.3) is 0 Å². The number of allylic oxidation sites excluding steroid dienone is 5. The molecule has 0 radical (unpaired) electrons. The molecule has 3 aliphatic rings. The third-order valence-corrected chi connectivity index (χ3v) is 6.94. The fourth-order valence-corrected chi connectivity index (χ4v) is 4.67. The van der Waals surface area contributed by atoms with Crippen LogP contribution in [0.2, 0.25) is 0 Å². The molecule has 1 aromatic carbocycles. The number of morpholine rings is 2. The van der Waals surface area contributed by atoms with Crippen LogP contribution in [0.15, 0.2) is 64.8 Å². The predicted octanol–water partition coefficient (Wildman–Crippen LogP) is 0.761. The first-order valence-corrected chi connectivity index (χ1v) is 13.0. The highest BCUT2D eigenvalue weighted by Crippen LogP contribution is 2.24. The number of rotatable bonds is 8. The molecule has 0 aromatic heterocycles. The zero-order valence-electron chi connectivity index (χ0n) is 22.0. The van der Waals surface area contributed by atoms with Crippen LogP contribution in [0.3, 0.4) is 0 Å². The van der Waals surface area contributed by atoms with Gasteiger partial charge in [-0.3, -0.25) is 19.4 Å². The maximum absolute atomic E-state index is 13.3. The topological polar surface area (TPSA) is 147 Å². The van der Waals surface area contributed by atoms with Gasteiger partial charge in [0.1, 0.15) is 0 Å². The SMILES string of the molecule is CC1=CC=C(NC(=O)[C@H](O)[C@H]2OCCN(c3cccc(C(=O)N4CCOCC4)c3)C2=O)C=CC1CCN=CN. The third kappa shape index (κ3) is 6.99. The van der Waals surface area contributed by atoms with Crippen molar-refractivity contribution in [3.63, 3.8) is 0 Å². The summed E-state index contributed by atoms with van der Waals surface area (Å²) in [6, 6.07) is 6.77. The Morgan fingerprint density at radius 1 is 1.23 bits per heavy atom. The number of nitrogens with one attached hydrogen (secondary N) is 1. The highest BCUT2D eigenvalue weighted by atomic mass is 16.5. The lowest BCUT2D eigenvalue weighted by molar-refractivity contribution is -0.152. The molecule has 2 saturated heterocycles. The van der Waals surface area contributed by atoms with E-state index in [1.165, 1.54) is 11.2 Å². The van der Waals surface area contributed by atoms with Crippen LogP contribution in [-0.4, -0.2) is 92.3 Å². The molecule has 208 valence electrons. The number of aliphatic hydroxyl groups excluding tert-OH is 1. The van der Waals surface area contributed by atoms with E-state index < -0.39 is 24.0 Å². The smallest absolute Gasteiger partial charge is 0.259 e. The minimum Gasteiger partial charge on any atom is -0.390 e. The standard InChI is InChI=1S/C28H35N5O6/c1-19-5-7-22(8-6-20(19)9-10-30-18-29)31-26(35)24(34)25-28(37)33(13-16-39-25)23-4-2-3-21(17-23)27(36)32-11-14-38-15-12-32/h2-8,17-18,20,24-25,34H,9-16H2,1H3,(H2,29,30)(H,31,35)/t20?,24-,25-/m1/s1. The van der Waals surface area contributed by atoms with Gasteiger partial charge in [-0.1, -0.05) is 23.8 Å². The fourth-order valence-electron chi connectivity index (χ4n) is 4.67. The lowest BCUT2D eigenvalue weighted by atomic mass is 9.97. The Bertz CT molecular complexity index is 1190. The van der Waals surface area contributed by atoms with Gasteiger partial charge in [-0.25, -0.2) is 0 Å². The number of aliphatic hydroxyl groups is 1. The Morgan fingerprint density at radius 3 is 2.79 bits per heavy atom. The van der Waals surface area contributed by atoms with Crippen molar-refractivity contribution >= 4 is 29.7 Å². The molecule has 39 heavy (non-hydrogen) atoms. The van der Waals surface area contributed by atoms with E-state index in [1.54, 1.807) is 41.3 Å². The van der Waals surface area contributed by atoms with Crippen LogP contribution >= 0.6 is 0 Å². The Balaban J connectivity index is 1.40. The van der Waals surface area contributed by atoms with Gasteiger partial charge < -0.3 is 35.4 Å². The van der Waals surface area contributed by atoms with Crippen molar-refractivity contribution in [2.24, 2.45) is 16.6 Å². The van der Waals surface area contributed by atoms with Crippen molar-refractivity contribution in [3.05, 3.63) is 65.4 Å². The Kier molecular flexibility index (Phi) is 9.64. The molecule has 0 saturated carbocycles. The maximum atomic E-state index is 13.3. The highest BCUT2D eigenvalue weighted by Gasteiger charge is 2.39. The molecule has 1 aromatic rings. The number of benzene rings is 1. The molecule has 4 rings (SSSR count). The summed E-state index contributed by atoms with van der Waals surface area (Å²) in [6.45, 7) is 4.92. The molecule has 1 aliphatic carbocycles. The number of aliphatic imine (C=N–C) groups is 1. The monoisotopic (exact) mass is 537 g/mol. The third-order valence-electron chi connectivity index (χ3n) is 6.94. The summed E-state index contributed by atoms with van der Waals surface area (Å²) in [6.07, 6.45) is 6.30. The van der Waals surface area contributed by atoms with Gasteiger partial charge in [0.05, 0.1) is 26.2 Å². The van der Waals surface area contributed by atoms with Gasteiger partial charge >= 0.3 is 0 Å². The first-order chi connectivity index (χ1) is 18.9. The molecule has 11 heteroatoms. The first kappa shape index (κ1) is 28.2. The molecule has 1 unspecified atom stereocenters. The molecule has 2 aliphatic heterocycles. The fraction of sp³-hybridized carbons (Fsp3) is 0.429. The van der Waals surface area contributed by atoms with Gasteiger partial charge in [0.2, 0.25) is 0 Å². The van der Waals surface area contributed by atoms with E-state index in [0.29, 0.717) is 49.8 Å². The number of amides is 3. The second-order valence-corrected chi connectivity index (χ2v) is 9.51. The normalized spacial score (nSPS) is 22.8. The second-order valence-electron chi connectivity index (χ2n) is 9.51. The van der Waals surface area contributed by atoms with Crippen LogP contribution in [0.4, 0.5) is 5.69 Å². The molecular formula is C28H35N5O6. The molecule has 0 spiro atoms. The second kappa shape index (κ2) is 13.3. The highest BCUT2D eigenvalue weighted by molar-refractivity contribution is 6.02. The summed E-state index contributed by atoms with van der Waals surface area (Å²) >= 11 is 0. The summed E-state index contributed by atoms with van der Waals surface area (Å²) in [5.41, 5.74) is 7.84. The summed E-state index contributed by atoms with van der Waals surface area (Å²) in [5, 5.41) is 13.5. The number of nitrogens with two attached hydrogens (primary N) is 1. The van der Waals surface area contributed by atoms with Crippen LogP contribution in [0, 0.1) is 5.92 Å². The van der Waals surface area contributed by atoms with Crippen molar-refractivity contribution < 1.29 is 29.0 Å². The average molecular weight is 538 g/mol. The predicted molar refractivity (Wildman–Crippen MR) is 146 cm³/mol. The molecule has 4 N–H and O–H groups in total. The van der Waals surface area contributed by atoms with E-state index >= 15 is 0 Å². The first-order valence-electron chi connectivity index (χ1n) is 13.0. The number of anilines is 1. The van der Waals surface area contributed by atoms with Crippen molar-refractivity contribution in [1.82, 2.24) is 10.2 Å². The van der Waals surface area contributed by atoms with Gasteiger partial charge in [-0.2, -0.15) is 0 Å². The van der Waals surface area contributed by atoms with E-state index in [4.69, 9.17) is 15.2 Å². The van der Waals surface area contributed by atoms with E-state index in [-0.39, 0.29) is 25.0 Å². The summed E-state index contributed by atoms with van der Waals surface area (Å²) in [5.74, 6) is -1.31. The van der Waals surface area contributed by atoms with Gasteiger partial charge in [0.15, 0.2) is 12.2 Å². The van der Waals surface area contributed by atoms with E-state index in [1.807, 2.05) is 19.1 Å². The van der Waals surface area contributed by atoms with Crippen molar-refractivity contribution in [2.45, 2.75) is 25.6 Å². The maximum Gasteiger partial charge on any atom is 0.259 e. The minimum absolute atomic E-state index is 0.125. The number of hydrogen-bond acceptors (Lipinski definition) is 7. The van der Waals surface area contributed by atoms with Crippen molar-refractivity contribution in [3.8, 4) is 0 Å². The molecule has 11 nitrogen and oxygen atoms in total. The molecular weight excluding hydrogens is 502 g/mol. The van der Waals surface area contributed by atoms with Crippen molar-refractivity contribution in [1.29, 1.82) is 0 Å². The Hall–Kier alpha value is -3.80. The molecule has 2 fully saturated rings. The molecule has 3 atom stereocenters. The number of nitrogens with zero attached hydrogens (tertiary/aromatic N) is 3. The van der Waals surface area contributed by atoms with E-state index in [9.17, 15) is 19.5 Å². The summed E-state index contributed by atoms with van der Waals surface area (Å²) in [4.78, 5) is 46.3. The average Bonchev–Trinajstić information content (AvgIpc) is 3.14. The minimum atomic E-state index is -1.73. The largest absolute Gasteiger partial charge is 0.390 e. The van der Waals surface area contributed by atoms with Gasteiger partial charge in [-0.15, -0.1) is 0 Å².